The number of rotatable bonds is 7. The maximum atomic E-state index is 11.7. The third-order valence-corrected chi connectivity index (χ3v) is 3.74. The number of nitrogens with two attached hydrogens (primary N) is 2. The van der Waals surface area contributed by atoms with E-state index in [1.54, 1.807) is 0 Å². The molecule has 11 nitrogen and oxygen atoms in total. The summed E-state index contributed by atoms with van der Waals surface area (Å²) in [5.74, 6) is -0.543. The second kappa shape index (κ2) is 6.19. The Morgan fingerprint density at radius 3 is 2.96 bits per heavy atom. The van der Waals surface area contributed by atoms with Gasteiger partial charge in [-0.05, 0) is 12.8 Å². The number of nitrogens with zero attached hydrogens (tertiary/aromatic N) is 3. The topological polar surface area (TPSA) is 171 Å². The minimum atomic E-state index is -0.886. The highest BCUT2D eigenvalue weighted by Crippen LogP contribution is 2.33. The van der Waals surface area contributed by atoms with Crippen molar-refractivity contribution in [2.45, 2.75) is 31.2 Å². The van der Waals surface area contributed by atoms with Gasteiger partial charge in [0, 0.05) is 0 Å². The van der Waals surface area contributed by atoms with Crippen LogP contribution in [0.5, 0.6) is 0 Å². The molecule has 3 rings (SSSR count). The Hall–Kier alpha value is -2.50. The summed E-state index contributed by atoms with van der Waals surface area (Å²) >= 11 is 0. The lowest BCUT2D eigenvalue weighted by molar-refractivity contribution is -0.153. The van der Waals surface area contributed by atoms with Crippen molar-refractivity contribution in [2.24, 2.45) is 5.73 Å². The zero-order valence-corrected chi connectivity index (χ0v) is 12.8. The molecule has 6 N–H and O–H groups in total. The molecule has 11 heteroatoms. The molecule has 0 amide bonds. The summed E-state index contributed by atoms with van der Waals surface area (Å²) in [4.78, 5) is 33.6. The van der Waals surface area contributed by atoms with Crippen molar-refractivity contribution in [3.8, 4) is 0 Å². The van der Waals surface area contributed by atoms with Gasteiger partial charge in [0.25, 0.3) is 5.56 Å². The van der Waals surface area contributed by atoms with Gasteiger partial charge >= 0.3 is 5.97 Å². The van der Waals surface area contributed by atoms with Gasteiger partial charge in [-0.2, -0.15) is 4.98 Å². The predicted molar refractivity (Wildman–Crippen MR) is 81.6 cm³/mol. The summed E-state index contributed by atoms with van der Waals surface area (Å²) in [5.41, 5.74) is 10.3. The lowest BCUT2D eigenvalue weighted by atomic mass is 10.3. The van der Waals surface area contributed by atoms with Gasteiger partial charge < -0.3 is 26.0 Å². The van der Waals surface area contributed by atoms with Gasteiger partial charge in [-0.3, -0.25) is 19.1 Å². The van der Waals surface area contributed by atoms with Crippen molar-refractivity contribution in [1.82, 2.24) is 19.5 Å². The van der Waals surface area contributed by atoms with Crippen LogP contribution in [0, 0.1) is 0 Å². The molecule has 24 heavy (non-hydrogen) atoms. The van der Waals surface area contributed by atoms with Crippen LogP contribution >= 0.6 is 0 Å². The Labute approximate surface area is 135 Å². The lowest BCUT2D eigenvalue weighted by Gasteiger charge is -2.17. The number of aliphatic hydroxyl groups is 1. The third-order valence-electron chi connectivity index (χ3n) is 3.74. The SMILES string of the molecule is Nc1nc2c(ncn2COC(CO)COC(=O)C2(N)CC2)c(=O)[nH]1. The summed E-state index contributed by atoms with van der Waals surface area (Å²) in [6, 6.07) is 0. The number of hydrogen-bond acceptors (Lipinski definition) is 9. The number of anilines is 1. The first-order valence-electron chi connectivity index (χ1n) is 7.32. The van der Waals surface area contributed by atoms with E-state index in [-0.39, 0.29) is 37.1 Å². The zero-order valence-electron chi connectivity index (χ0n) is 12.8. The molecule has 2 heterocycles. The standard InChI is InChI=1S/C13H18N6O5/c14-12-17-9-8(10(21)18-12)16-5-19(9)6-24-7(3-20)4-23-11(22)13(15)1-2-13/h5,7,20H,1-4,6,15H2,(H3,14,17,18,21). The molecule has 0 bridgehead atoms. The maximum absolute atomic E-state index is 11.7. The fourth-order valence-corrected chi connectivity index (χ4v) is 2.06. The van der Waals surface area contributed by atoms with Crippen LogP contribution in [0.1, 0.15) is 12.8 Å². The molecular weight excluding hydrogens is 320 g/mol. The van der Waals surface area contributed by atoms with E-state index in [1.807, 2.05) is 0 Å². The molecule has 0 saturated heterocycles. The monoisotopic (exact) mass is 338 g/mol. The van der Waals surface area contributed by atoms with Gasteiger partial charge in [0.1, 0.15) is 25.0 Å². The summed E-state index contributed by atoms with van der Waals surface area (Å²) in [7, 11) is 0. The highest BCUT2D eigenvalue weighted by molar-refractivity contribution is 5.83. The van der Waals surface area contributed by atoms with E-state index in [1.165, 1.54) is 10.9 Å². The second-order valence-electron chi connectivity index (χ2n) is 5.69. The average molecular weight is 338 g/mol. The number of aromatic nitrogens is 4. The molecular formula is C13H18N6O5. The number of H-pyrrole nitrogens is 1. The Bertz CT molecular complexity index is 811. The van der Waals surface area contributed by atoms with Crippen molar-refractivity contribution < 1.29 is 19.4 Å². The van der Waals surface area contributed by atoms with Crippen molar-refractivity contribution in [3.63, 3.8) is 0 Å². The van der Waals surface area contributed by atoms with Gasteiger partial charge in [-0.1, -0.05) is 0 Å². The van der Waals surface area contributed by atoms with Crippen molar-refractivity contribution in [3.05, 3.63) is 16.7 Å². The molecule has 0 spiro atoms. The Balaban J connectivity index is 1.61. The number of nitrogen functional groups attached to an aromatic ring is 1. The number of imidazole rings is 1. The summed E-state index contributed by atoms with van der Waals surface area (Å²) < 4.78 is 12.0. The van der Waals surface area contributed by atoms with Gasteiger partial charge in [0.15, 0.2) is 11.2 Å². The Morgan fingerprint density at radius 1 is 1.54 bits per heavy atom. The van der Waals surface area contributed by atoms with E-state index >= 15 is 0 Å². The second-order valence-corrected chi connectivity index (χ2v) is 5.69. The van der Waals surface area contributed by atoms with Crippen LogP contribution in [-0.2, 0) is 21.0 Å². The Morgan fingerprint density at radius 2 is 2.29 bits per heavy atom. The fraction of sp³-hybridized carbons (Fsp3) is 0.538. The van der Waals surface area contributed by atoms with Crippen LogP contribution in [0.25, 0.3) is 11.2 Å². The molecule has 130 valence electrons. The summed E-state index contributed by atoms with van der Waals surface area (Å²) in [5, 5.41) is 9.32. The third kappa shape index (κ3) is 3.22. The number of carbonyl (C=O) groups excluding carboxylic acids is 1. The molecule has 1 aliphatic carbocycles. The number of ether oxygens (including phenoxy) is 2. The minimum absolute atomic E-state index is 0.0421. The normalized spacial score (nSPS) is 16.9. The van der Waals surface area contributed by atoms with Crippen LogP contribution in [0.4, 0.5) is 5.95 Å². The van der Waals surface area contributed by atoms with Gasteiger partial charge in [-0.25, -0.2) is 4.98 Å². The number of hydrogen-bond donors (Lipinski definition) is 4. The number of aromatic amines is 1. The molecule has 0 aliphatic heterocycles. The lowest BCUT2D eigenvalue weighted by Crippen LogP contribution is -2.37. The maximum Gasteiger partial charge on any atom is 0.326 e. The van der Waals surface area contributed by atoms with Gasteiger partial charge in [0.05, 0.1) is 12.9 Å². The molecule has 1 unspecified atom stereocenters. The molecule has 2 aromatic rings. The van der Waals surface area contributed by atoms with E-state index in [2.05, 4.69) is 15.0 Å². The van der Waals surface area contributed by atoms with E-state index in [9.17, 15) is 14.7 Å². The van der Waals surface area contributed by atoms with Crippen molar-refractivity contribution in [1.29, 1.82) is 0 Å². The minimum Gasteiger partial charge on any atom is -0.461 e. The molecule has 1 atom stereocenters. The number of nitrogens with one attached hydrogen (secondary N) is 1. The van der Waals surface area contributed by atoms with E-state index < -0.39 is 23.2 Å². The smallest absolute Gasteiger partial charge is 0.326 e. The van der Waals surface area contributed by atoms with Gasteiger partial charge in [-0.15, -0.1) is 0 Å². The van der Waals surface area contributed by atoms with E-state index in [0.717, 1.165) is 0 Å². The van der Waals surface area contributed by atoms with Gasteiger partial charge in [0.2, 0.25) is 5.95 Å². The average Bonchev–Trinajstić information content (AvgIpc) is 3.17. The zero-order chi connectivity index (χ0) is 17.3. The quantitative estimate of drug-likeness (QED) is 0.419. The molecule has 2 aromatic heterocycles. The van der Waals surface area contributed by atoms with Crippen molar-refractivity contribution >= 4 is 23.1 Å². The van der Waals surface area contributed by atoms with E-state index in [4.69, 9.17) is 20.9 Å². The van der Waals surface area contributed by atoms with Crippen LogP contribution in [0.15, 0.2) is 11.1 Å². The van der Waals surface area contributed by atoms with E-state index in [0.29, 0.717) is 12.8 Å². The van der Waals surface area contributed by atoms with Crippen LogP contribution in [0.3, 0.4) is 0 Å². The highest BCUT2D eigenvalue weighted by atomic mass is 16.6. The predicted octanol–water partition coefficient (Wildman–Crippen LogP) is -1.93. The Kier molecular flexibility index (Phi) is 4.22. The first kappa shape index (κ1) is 16.4. The summed E-state index contributed by atoms with van der Waals surface area (Å²) in [6.07, 6.45) is 1.82. The number of carbonyl (C=O) groups is 1. The van der Waals surface area contributed by atoms with Crippen LogP contribution in [-0.4, -0.2) is 55.5 Å². The fourth-order valence-electron chi connectivity index (χ4n) is 2.06. The number of fused-ring (bicyclic) bond motifs is 1. The number of esters is 1. The first-order chi connectivity index (χ1) is 11.4. The summed E-state index contributed by atoms with van der Waals surface area (Å²) in [6.45, 7) is -0.534. The highest BCUT2D eigenvalue weighted by Gasteiger charge is 2.47. The van der Waals surface area contributed by atoms with Crippen molar-refractivity contribution in [2.75, 3.05) is 18.9 Å². The molecule has 0 aromatic carbocycles. The molecule has 0 radical (unpaired) electrons. The molecule has 1 aliphatic rings. The molecule has 1 fully saturated rings. The first-order valence-corrected chi connectivity index (χ1v) is 7.32. The van der Waals surface area contributed by atoms with Crippen LogP contribution in [0.2, 0.25) is 0 Å². The number of aliphatic hydroxyl groups excluding tert-OH is 1. The molecule has 1 saturated carbocycles. The largest absolute Gasteiger partial charge is 0.461 e. The van der Waals surface area contributed by atoms with Crippen LogP contribution < -0.4 is 17.0 Å².